The molecule has 16 heavy (non-hydrogen) atoms. The molecule has 1 aromatic carbocycles. The molecular weight excluding hydrogens is 196 g/mol. The summed E-state index contributed by atoms with van der Waals surface area (Å²) in [4.78, 5) is 0. The van der Waals surface area contributed by atoms with Gasteiger partial charge in [0, 0.05) is 5.92 Å². The lowest BCUT2D eigenvalue weighted by molar-refractivity contribution is -0.0746. The molecule has 1 aromatic rings. The van der Waals surface area contributed by atoms with Crippen LogP contribution in [0.1, 0.15) is 51.2 Å². The van der Waals surface area contributed by atoms with Gasteiger partial charge in [0.25, 0.3) is 0 Å². The Morgan fingerprint density at radius 3 is 2.56 bits per heavy atom. The van der Waals surface area contributed by atoms with Gasteiger partial charge in [0.2, 0.25) is 0 Å². The summed E-state index contributed by atoms with van der Waals surface area (Å²) in [7, 11) is 0. The van der Waals surface area contributed by atoms with Gasteiger partial charge in [-0.3, -0.25) is 0 Å². The quantitative estimate of drug-likeness (QED) is 0.694. The second-order valence-corrected chi connectivity index (χ2v) is 5.79. The molecule has 0 heterocycles. The Labute approximate surface area is 98.8 Å². The van der Waals surface area contributed by atoms with E-state index < -0.39 is 0 Å². The third-order valence-corrected chi connectivity index (χ3v) is 3.31. The summed E-state index contributed by atoms with van der Waals surface area (Å²) in [5.74, 6) is 0.518. The Morgan fingerprint density at radius 1 is 1.19 bits per heavy atom. The smallest absolute Gasteiger partial charge is 0.0651 e. The molecule has 0 unspecified atom stereocenters. The van der Waals surface area contributed by atoms with Gasteiger partial charge in [0.1, 0.15) is 0 Å². The summed E-state index contributed by atoms with van der Waals surface area (Å²) in [6.07, 6.45) is 2.67. The average molecular weight is 218 g/mol. The fourth-order valence-electron chi connectivity index (χ4n) is 2.57. The van der Waals surface area contributed by atoms with Crippen molar-refractivity contribution in [2.24, 2.45) is 0 Å². The van der Waals surface area contributed by atoms with E-state index in [9.17, 15) is 0 Å². The predicted molar refractivity (Wildman–Crippen MR) is 67.8 cm³/mol. The van der Waals surface area contributed by atoms with Gasteiger partial charge >= 0.3 is 0 Å². The molecule has 0 bridgehead atoms. The molecule has 88 valence electrons. The first-order chi connectivity index (χ1) is 7.47. The van der Waals surface area contributed by atoms with E-state index in [1.54, 1.807) is 0 Å². The normalized spacial score (nSPS) is 25.2. The van der Waals surface area contributed by atoms with Crippen molar-refractivity contribution in [3.05, 3.63) is 35.4 Å². The molecule has 0 aliphatic heterocycles. The molecule has 1 aliphatic rings. The molecule has 0 saturated heterocycles. The molecule has 0 spiro atoms. The molecule has 2 rings (SSSR count). The van der Waals surface area contributed by atoms with Crippen LogP contribution in [0.5, 0.6) is 0 Å². The largest absolute Gasteiger partial charge is 0.372 e. The second kappa shape index (κ2) is 4.21. The van der Waals surface area contributed by atoms with Crippen LogP contribution in [0, 0.1) is 0 Å². The van der Waals surface area contributed by atoms with Crippen molar-refractivity contribution in [2.75, 3.05) is 0 Å². The molecular formula is C15H22O. The molecule has 0 radical (unpaired) electrons. The van der Waals surface area contributed by atoms with Crippen LogP contribution in [0.2, 0.25) is 0 Å². The minimum absolute atomic E-state index is 0.0365. The molecule has 0 aromatic heterocycles. The maximum Gasteiger partial charge on any atom is 0.0651 e. The Hall–Kier alpha value is -0.820. The highest BCUT2D eigenvalue weighted by molar-refractivity contribution is 5.33. The topological polar surface area (TPSA) is 9.23 Å². The molecule has 1 nitrogen and oxygen atoms in total. The summed E-state index contributed by atoms with van der Waals surface area (Å²) < 4.78 is 6.15. The zero-order valence-electron chi connectivity index (χ0n) is 10.8. The molecule has 0 N–H and O–H groups in total. The Kier molecular flexibility index (Phi) is 3.07. The van der Waals surface area contributed by atoms with Crippen molar-refractivity contribution in [1.82, 2.24) is 0 Å². The molecule has 0 saturated carbocycles. The van der Waals surface area contributed by atoms with Crippen LogP contribution >= 0.6 is 0 Å². The summed E-state index contributed by atoms with van der Waals surface area (Å²) in [6, 6.07) is 8.77. The number of fused-ring (bicyclic) bond motifs is 1. The Balaban J connectivity index is 2.18. The fourth-order valence-corrected chi connectivity index (χ4v) is 2.57. The predicted octanol–water partition coefficient (Wildman–Crippen LogP) is 3.92. The van der Waals surface area contributed by atoms with E-state index in [1.165, 1.54) is 11.1 Å². The van der Waals surface area contributed by atoms with Crippen LogP contribution < -0.4 is 0 Å². The van der Waals surface area contributed by atoms with E-state index in [0.717, 1.165) is 12.8 Å². The summed E-state index contributed by atoms with van der Waals surface area (Å²) in [6.45, 7) is 8.70. The lowest BCUT2D eigenvalue weighted by Gasteiger charge is -2.36. The van der Waals surface area contributed by atoms with Crippen LogP contribution in [0.4, 0.5) is 0 Å². The van der Waals surface area contributed by atoms with Crippen LogP contribution in [0.25, 0.3) is 0 Å². The van der Waals surface area contributed by atoms with Crippen molar-refractivity contribution in [2.45, 2.75) is 58.2 Å². The first-order valence-electron chi connectivity index (χ1n) is 6.23. The van der Waals surface area contributed by atoms with Crippen molar-refractivity contribution in [1.29, 1.82) is 0 Å². The number of rotatable bonds is 1. The van der Waals surface area contributed by atoms with Crippen molar-refractivity contribution < 1.29 is 4.74 Å². The van der Waals surface area contributed by atoms with Crippen LogP contribution in [-0.4, -0.2) is 11.7 Å². The SMILES string of the molecule is C[C@@H]1c2ccccc2CC[C@H]1OC(C)(C)C. The van der Waals surface area contributed by atoms with Gasteiger partial charge in [-0.15, -0.1) is 0 Å². The van der Waals surface area contributed by atoms with Crippen LogP contribution in [-0.2, 0) is 11.2 Å². The van der Waals surface area contributed by atoms with Gasteiger partial charge in [-0.25, -0.2) is 0 Å². The number of benzene rings is 1. The molecule has 0 fully saturated rings. The highest BCUT2D eigenvalue weighted by atomic mass is 16.5. The van der Waals surface area contributed by atoms with E-state index in [1.807, 2.05) is 0 Å². The van der Waals surface area contributed by atoms with Gasteiger partial charge in [-0.2, -0.15) is 0 Å². The van der Waals surface area contributed by atoms with E-state index >= 15 is 0 Å². The van der Waals surface area contributed by atoms with Gasteiger partial charge in [0.05, 0.1) is 11.7 Å². The molecule has 1 aliphatic carbocycles. The summed E-state index contributed by atoms with van der Waals surface area (Å²) in [5.41, 5.74) is 2.94. The average Bonchev–Trinajstić information content (AvgIpc) is 2.21. The Bertz CT molecular complexity index is 362. The van der Waals surface area contributed by atoms with Crippen molar-refractivity contribution in [3.63, 3.8) is 0 Å². The maximum atomic E-state index is 6.15. The van der Waals surface area contributed by atoms with Crippen molar-refractivity contribution >= 4 is 0 Å². The lowest BCUT2D eigenvalue weighted by atomic mass is 9.81. The summed E-state index contributed by atoms with van der Waals surface area (Å²) >= 11 is 0. The third kappa shape index (κ3) is 2.46. The van der Waals surface area contributed by atoms with E-state index in [2.05, 4.69) is 52.0 Å². The number of hydrogen-bond acceptors (Lipinski definition) is 1. The van der Waals surface area contributed by atoms with E-state index in [0.29, 0.717) is 12.0 Å². The monoisotopic (exact) mass is 218 g/mol. The lowest BCUT2D eigenvalue weighted by Crippen LogP contribution is -2.34. The van der Waals surface area contributed by atoms with Crippen LogP contribution in [0.15, 0.2) is 24.3 Å². The maximum absolute atomic E-state index is 6.15. The fraction of sp³-hybridized carbons (Fsp3) is 0.600. The summed E-state index contributed by atoms with van der Waals surface area (Å²) in [5, 5.41) is 0. The van der Waals surface area contributed by atoms with E-state index in [-0.39, 0.29) is 5.60 Å². The van der Waals surface area contributed by atoms with Gasteiger partial charge in [-0.05, 0) is 44.7 Å². The highest BCUT2D eigenvalue weighted by Crippen LogP contribution is 2.34. The standard InChI is InChI=1S/C15H22O/c1-11-13-8-6-5-7-12(13)9-10-14(11)16-15(2,3)4/h5-8,11,14H,9-10H2,1-4H3/t11-,14-/m1/s1. The molecule has 0 amide bonds. The van der Waals surface area contributed by atoms with Gasteiger partial charge < -0.3 is 4.74 Å². The zero-order valence-corrected chi connectivity index (χ0v) is 10.8. The molecule has 1 heteroatoms. The second-order valence-electron chi connectivity index (χ2n) is 5.79. The van der Waals surface area contributed by atoms with E-state index in [4.69, 9.17) is 4.74 Å². The molecule has 2 atom stereocenters. The minimum Gasteiger partial charge on any atom is -0.372 e. The van der Waals surface area contributed by atoms with Crippen LogP contribution in [0.3, 0.4) is 0 Å². The highest BCUT2D eigenvalue weighted by Gasteiger charge is 2.29. The number of hydrogen-bond donors (Lipinski definition) is 0. The first kappa shape index (κ1) is 11.7. The number of ether oxygens (including phenoxy) is 1. The minimum atomic E-state index is -0.0365. The Morgan fingerprint density at radius 2 is 1.88 bits per heavy atom. The van der Waals surface area contributed by atoms with Crippen molar-refractivity contribution in [3.8, 4) is 0 Å². The number of aryl methyl sites for hydroxylation is 1. The first-order valence-corrected chi connectivity index (χ1v) is 6.23. The van der Waals surface area contributed by atoms with Gasteiger partial charge in [-0.1, -0.05) is 31.2 Å². The van der Waals surface area contributed by atoms with Gasteiger partial charge in [0.15, 0.2) is 0 Å². The third-order valence-electron chi connectivity index (χ3n) is 3.31. The zero-order chi connectivity index (χ0) is 11.8.